The van der Waals surface area contributed by atoms with Crippen LogP contribution in [0.4, 0.5) is 16.3 Å². The van der Waals surface area contributed by atoms with E-state index in [0.29, 0.717) is 24.5 Å². The van der Waals surface area contributed by atoms with Gasteiger partial charge in [-0.1, -0.05) is 0 Å². The second-order valence-electron chi connectivity index (χ2n) is 5.07. The summed E-state index contributed by atoms with van der Waals surface area (Å²) in [6.45, 7) is 2.92. The lowest BCUT2D eigenvalue weighted by molar-refractivity contribution is -0.384. The summed E-state index contributed by atoms with van der Waals surface area (Å²) in [4.78, 5) is 28.3. The maximum Gasteiger partial charge on any atom is 0.314 e. The van der Waals surface area contributed by atoms with Gasteiger partial charge in [-0.05, 0) is 25.8 Å². The molecule has 1 aromatic heterocycles. The summed E-state index contributed by atoms with van der Waals surface area (Å²) >= 11 is 0. The summed E-state index contributed by atoms with van der Waals surface area (Å²) in [7, 11) is 1.56. The fourth-order valence-electron chi connectivity index (χ4n) is 2.54. The third kappa shape index (κ3) is 3.39. The van der Waals surface area contributed by atoms with Crippen LogP contribution in [0.15, 0.2) is 12.3 Å². The van der Waals surface area contributed by atoms with Crippen LogP contribution in [0.2, 0.25) is 0 Å². The molecule has 1 aliphatic heterocycles. The van der Waals surface area contributed by atoms with Crippen molar-refractivity contribution in [3.05, 3.63) is 27.9 Å². The first-order valence-corrected chi connectivity index (χ1v) is 6.86. The summed E-state index contributed by atoms with van der Waals surface area (Å²) in [5.41, 5.74) is 0.629. The van der Waals surface area contributed by atoms with Gasteiger partial charge in [-0.15, -0.1) is 0 Å². The predicted octanol–water partition coefficient (Wildman–Crippen LogP) is 1.20. The van der Waals surface area contributed by atoms with E-state index in [1.54, 1.807) is 26.2 Å². The number of hydrogen-bond acceptors (Lipinski definition) is 5. The number of carbonyl (C=O) groups is 1. The Labute approximate surface area is 122 Å². The molecular weight excluding hydrogens is 274 g/mol. The topological polar surface area (TPSA) is 100 Å². The van der Waals surface area contributed by atoms with Crippen molar-refractivity contribution in [3.8, 4) is 0 Å². The number of pyridine rings is 1. The number of piperidine rings is 1. The van der Waals surface area contributed by atoms with Crippen molar-refractivity contribution in [1.82, 2.24) is 15.6 Å². The van der Waals surface area contributed by atoms with Gasteiger partial charge in [-0.2, -0.15) is 0 Å². The SMILES string of the molecule is CNC(=O)NC1CCCN(c2nccc(C)c2[N+](=O)[O-])C1. The first kappa shape index (κ1) is 15.0. The quantitative estimate of drug-likeness (QED) is 0.644. The average molecular weight is 293 g/mol. The number of hydrogen-bond donors (Lipinski definition) is 2. The van der Waals surface area contributed by atoms with Gasteiger partial charge in [-0.3, -0.25) is 10.1 Å². The maximum absolute atomic E-state index is 11.4. The molecular formula is C13H19N5O3. The Bertz CT molecular complexity index is 549. The first-order valence-electron chi connectivity index (χ1n) is 6.86. The van der Waals surface area contributed by atoms with Crippen LogP contribution in [0.3, 0.4) is 0 Å². The predicted molar refractivity (Wildman–Crippen MR) is 78.5 cm³/mol. The van der Waals surface area contributed by atoms with Crippen molar-refractivity contribution < 1.29 is 9.72 Å². The van der Waals surface area contributed by atoms with E-state index >= 15 is 0 Å². The Hall–Kier alpha value is -2.38. The van der Waals surface area contributed by atoms with E-state index in [1.165, 1.54) is 0 Å². The highest BCUT2D eigenvalue weighted by Gasteiger charge is 2.28. The molecule has 0 saturated carbocycles. The molecule has 0 radical (unpaired) electrons. The number of carbonyl (C=O) groups excluding carboxylic acids is 1. The Morgan fingerprint density at radius 2 is 2.33 bits per heavy atom. The van der Waals surface area contributed by atoms with E-state index in [0.717, 1.165) is 12.8 Å². The van der Waals surface area contributed by atoms with Crippen LogP contribution in [0.25, 0.3) is 0 Å². The number of nitro groups is 1. The summed E-state index contributed by atoms with van der Waals surface area (Å²) < 4.78 is 0. The molecule has 8 nitrogen and oxygen atoms in total. The van der Waals surface area contributed by atoms with Gasteiger partial charge in [0.15, 0.2) is 0 Å². The molecule has 0 aromatic carbocycles. The number of anilines is 1. The van der Waals surface area contributed by atoms with Gasteiger partial charge in [0.2, 0.25) is 5.82 Å². The highest BCUT2D eigenvalue weighted by Crippen LogP contribution is 2.30. The molecule has 0 bridgehead atoms. The monoisotopic (exact) mass is 293 g/mol. The fraction of sp³-hybridized carbons (Fsp3) is 0.538. The Morgan fingerprint density at radius 1 is 1.57 bits per heavy atom. The molecule has 2 rings (SSSR count). The van der Waals surface area contributed by atoms with Crippen molar-refractivity contribution >= 4 is 17.5 Å². The second-order valence-corrected chi connectivity index (χ2v) is 5.07. The summed E-state index contributed by atoms with van der Waals surface area (Å²) in [6, 6.07) is 1.35. The van der Waals surface area contributed by atoms with Crippen molar-refractivity contribution in [3.63, 3.8) is 0 Å². The standard InChI is InChI=1S/C13H19N5O3/c1-9-5-6-15-12(11(9)18(20)21)17-7-3-4-10(8-17)16-13(19)14-2/h5-6,10H,3-4,7-8H2,1-2H3,(H2,14,16,19). The van der Waals surface area contributed by atoms with Crippen LogP contribution in [-0.4, -0.2) is 42.1 Å². The van der Waals surface area contributed by atoms with Crippen LogP contribution >= 0.6 is 0 Å². The summed E-state index contributed by atoms with van der Waals surface area (Å²) in [6.07, 6.45) is 3.28. The van der Waals surface area contributed by atoms with Gasteiger partial charge in [-0.25, -0.2) is 9.78 Å². The van der Waals surface area contributed by atoms with E-state index in [4.69, 9.17) is 0 Å². The molecule has 2 amide bonds. The Balaban J connectivity index is 2.20. The zero-order chi connectivity index (χ0) is 15.4. The normalized spacial score (nSPS) is 18.2. The minimum absolute atomic E-state index is 0.0399. The lowest BCUT2D eigenvalue weighted by atomic mass is 10.1. The van der Waals surface area contributed by atoms with E-state index in [-0.39, 0.29) is 17.8 Å². The van der Waals surface area contributed by atoms with Crippen LogP contribution in [-0.2, 0) is 0 Å². The van der Waals surface area contributed by atoms with E-state index in [1.807, 2.05) is 4.90 Å². The zero-order valence-corrected chi connectivity index (χ0v) is 12.1. The number of rotatable bonds is 3. The molecule has 2 N–H and O–H groups in total. The molecule has 21 heavy (non-hydrogen) atoms. The highest BCUT2D eigenvalue weighted by atomic mass is 16.6. The molecule has 2 heterocycles. The molecule has 1 fully saturated rings. The minimum atomic E-state index is -0.395. The van der Waals surface area contributed by atoms with Crippen molar-refractivity contribution in [2.45, 2.75) is 25.8 Å². The van der Waals surface area contributed by atoms with Gasteiger partial charge in [0.1, 0.15) is 0 Å². The van der Waals surface area contributed by atoms with Gasteiger partial charge in [0, 0.05) is 37.9 Å². The molecule has 1 aliphatic rings. The summed E-state index contributed by atoms with van der Waals surface area (Å²) in [5, 5.41) is 16.6. The van der Waals surface area contributed by atoms with E-state index < -0.39 is 4.92 Å². The molecule has 0 spiro atoms. The Kier molecular flexibility index (Phi) is 4.56. The zero-order valence-electron chi connectivity index (χ0n) is 12.1. The van der Waals surface area contributed by atoms with Gasteiger partial charge >= 0.3 is 11.7 Å². The average Bonchev–Trinajstić information content (AvgIpc) is 2.46. The van der Waals surface area contributed by atoms with Crippen molar-refractivity contribution in [2.75, 3.05) is 25.0 Å². The molecule has 0 aliphatic carbocycles. The van der Waals surface area contributed by atoms with Crippen molar-refractivity contribution in [1.29, 1.82) is 0 Å². The first-order chi connectivity index (χ1) is 10.0. The number of aromatic nitrogens is 1. The minimum Gasteiger partial charge on any atom is -0.349 e. The van der Waals surface area contributed by atoms with Crippen LogP contribution < -0.4 is 15.5 Å². The van der Waals surface area contributed by atoms with Crippen LogP contribution in [0, 0.1) is 17.0 Å². The third-order valence-electron chi connectivity index (χ3n) is 3.57. The molecule has 114 valence electrons. The molecule has 1 atom stereocenters. The van der Waals surface area contributed by atoms with Crippen LogP contribution in [0.1, 0.15) is 18.4 Å². The highest BCUT2D eigenvalue weighted by molar-refractivity contribution is 5.74. The van der Waals surface area contributed by atoms with Gasteiger partial charge < -0.3 is 15.5 Å². The number of aryl methyl sites for hydroxylation is 1. The summed E-state index contributed by atoms with van der Waals surface area (Å²) in [5.74, 6) is 0.378. The third-order valence-corrected chi connectivity index (χ3v) is 3.57. The number of amides is 2. The van der Waals surface area contributed by atoms with E-state index in [9.17, 15) is 14.9 Å². The smallest absolute Gasteiger partial charge is 0.314 e. The van der Waals surface area contributed by atoms with Gasteiger partial charge in [0.05, 0.1) is 4.92 Å². The number of urea groups is 1. The molecule has 1 aromatic rings. The molecule has 1 unspecified atom stereocenters. The molecule has 1 saturated heterocycles. The molecule has 8 heteroatoms. The van der Waals surface area contributed by atoms with Crippen molar-refractivity contribution in [2.24, 2.45) is 0 Å². The number of nitrogens with zero attached hydrogens (tertiary/aromatic N) is 3. The maximum atomic E-state index is 11.4. The number of nitrogens with one attached hydrogen (secondary N) is 2. The van der Waals surface area contributed by atoms with Crippen LogP contribution in [0.5, 0.6) is 0 Å². The Morgan fingerprint density at radius 3 is 3.00 bits per heavy atom. The second kappa shape index (κ2) is 6.38. The van der Waals surface area contributed by atoms with Gasteiger partial charge in [0.25, 0.3) is 0 Å². The lowest BCUT2D eigenvalue weighted by Gasteiger charge is -2.33. The largest absolute Gasteiger partial charge is 0.349 e. The van der Waals surface area contributed by atoms with E-state index in [2.05, 4.69) is 15.6 Å². The fourth-order valence-corrected chi connectivity index (χ4v) is 2.54. The lowest BCUT2D eigenvalue weighted by Crippen LogP contribution is -2.50.